The number of carbonyl (C=O) groups is 7. The lowest BCUT2D eigenvalue weighted by molar-refractivity contribution is -0.132. The first-order valence-electron chi connectivity index (χ1n) is 19.1. The molecule has 4 atom stereocenters. The molecule has 0 spiro atoms. The van der Waals surface area contributed by atoms with Crippen LogP contribution in [0, 0.1) is 17.8 Å². The van der Waals surface area contributed by atoms with E-state index in [0.717, 1.165) is 11.1 Å². The predicted octanol–water partition coefficient (Wildman–Crippen LogP) is 4.41. The molecule has 1 fully saturated rings. The highest BCUT2D eigenvalue weighted by molar-refractivity contribution is 6.20. The van der Waals surface area contributed by atoms with E-state index in [1.807, 2.05) is 32.9 Å². The van der Waals surface area contributed by atoms with E-state index in [1.165, 1.54) is 4.90 Å². The van der Waals surface area contributed by atoms with Gasteiger partial charge in [0.25, 0.3) is 0 Å². The number of anilines is 1. The minimum Gasteiger partial charge on any atom is -0.445 e. The van der Waals surface area contributed by atoms with E-state index in [9.17, 15) is 33.6 Å². The molecule has 1 aliphatic heterocycles. The van der Waals surface area contributed by atoms with Crippen molar-refractivity contribution in [1.29, 1.82) is 0 Å². The molecule has 0 bridgehead atoms. The highest BCUT2D eigenvalue weighted by atomic mass is 16.6. The van der Waals surface area contributed by atoms with Gasteiger partial charge >= 0.3 is 12.1 Å². The van der Waals surface area contributed by atoms with Gasteiger partial charge in [-0.1, -0.05) is 71.0 Å². The molecule has 55 heavy (non-hydrogen) atoms. The number of hydrogen-bond acceptors (Lipinski definition) is 8. The van der Waals surface area contributed by atoms with Gasteiger partial charge < -0.3 is 31.3 Å². The Morgan fingerprint density at radius 2 is 1.49 bits per heavy atom. The zero-order valence-electron chi connectivity index (χ0n) is 33.2. The van der Waals surface area contributed by atoms with Crippen LogP contribution in [0.5, 0.6) is 0 Å². The van der Waals surface area contributed by atoms with Crippen molar-refractivity contribution < 1.29 is 38.3 Å². The van der Waals surface area contributed by atoms with Crippen LogP contribution in [0.15, 0.2) is 48.5 Å². The van der Waals surface area contributed by atoms with Crippen molar-refractivity contribution in [3.63, 3.8) is 0 Å². The van der Waals surface area contributed by atoms with E-state index in [-0.39, 0.29) is 86.1 Å². The summed E-state index contributed by atoms with van der Waals surface area (Å²) in [5, 5.41) is 8.16. The molecule has 2 aromatic rings. The van der Waals surface area contributed by atoms with Crippen molar-refractivity contribution in [1.82, 2.24) is 20.9 Å². The normalized spacial score (nSPS) is 15.7. The summed E-state index contributed by atoms with van der Waals surface area (Å²) in [5.74, 6) is -1.81. The van der Waals surface area contributed by atoms with Crippen LogP contribution in [-0.4, -0.2) is 78.2 Å². The molecule has 5 N–H and O–H groups in total. The van der Waals surface area contributed by atoms with Gasteiger partial charge in [0.1, 0.15) is 12.6 Å². The zero-order chi connectivity index (χ0) is 40.8. The summed E-state index contributed by atoms with van der Waals surface area (Å²) in [6.45, 7) is 11.7. The number of ketones is 1. The molecule has 0 radical (unpaired) electrons. The second kappa shape index (κ2) is 21.0. The Morgan fingerprint density at radius 3 is 2.05 bits per heavy atom. The summed E-state index contributed by atoms with van der Waals surface area (Å²) in [7, 11) is 1.70. The number of amides is 7. The highest BCUT2D eigenvalue weighted by Gasteiger charge is 2.36. The molecule has 14 nitrogen and oxygen atoms in total. The average Bonchev–Trinajstić information content (AvgIpc) is 3.40. The van der Waals surface area contributed by atoms with Crippen molar-refractivity contribution in [3.05, 3.63) is 65.2 Å². The van der Waals surface area contributed by atoms with Crippen molar-refractivity contribution >= 4 is 47.2 Å². The lowest BCUT2D eigenvalue weighted by atomic mass is 9.97. The number of nitrogens with zero attached hydrogens (tertiary/aromatic N) is 2. The quantitative estimate of drug-likeness (QED) is 0.112. The number of nitrogens with one attached hydrogen (secondary N) is 3. The van der Waals surface area contributed by atoms with Gasteiger partial charge in [-0.05, 0) is 73.3 Å². The topological polar surface area (TPSA) is 197 Å². The molecule has 1 heterocycles. The maximum atomic E-state index is 13.6. The van der Waals surface area contributed by atoms with Crippen LogP contribution < -0.4 is 26.6 Å². The number of urea groups is 1. The Balaban J connectivity index is 1.56. The van der Waals surface area contributed by atoms with Gasteiger partial charge in [0, 0.05) is 44.8 Å². The Kier molecular flexibility index (Phi) is 16.8. The second-order valence-electron chi connectivity index (χ2n) is 15.1. The summed E-state index contributed by atoms with van der Waals surface area (Å²) < 4.78 is 5.46. The molecular weight excluding hydrogens is 704 g/mol. The van der Waals surface area contributed by atoms with E-state index in [1.54, 1.807) is 69.1 Å². The number of imide groups is 1. The first kappa shape index (κ1) is 44.1. The Hall–Kier alpha value is -5.27. The molecule has 3 rings (SSSR count). The van der Waals surface area contributed by atoms with Crippen LogP contribution in [0.2, 0.25) is 0 Å². The van der Waals surface area contributed by atoms with Crippen LogP contribution in [0.3, 0.4) is 0 Å². The lowest BCUT2D eigenvalue weighted by Crippen LogP contribution is -2.54. The van der Waals surface area contributed by atoms with Crippen molar-refractivity contribution in [2.45, 2.75) is 111 Å². The van der Waals surface area contributed by atoms with Crippen LogP contribution >= 0.6 is 0 Å². The van der Waals surface area contributed by atoms with Gasteiger partial charge in [0.2, 0.25) is 23.6 Å². The Bertz CT molecular complexity index is 1660. The molecule has 300 valence electrons. The van der Waals surface area contributed by atoms with Gasteiger partial charge in [-0.2, -0.15) is 0 Å². The van der Waals surface area contributed by atoms with Crippen molar-refractivity contribution in [3.8, 4) is 0 Å². The Labute approximate surface area is 324 Å². The highest BCUT2D eigenvalue weighted by Crippen LogP contribution is 2.26. The largest absolute Gasteiger partial charge is 0.445 e. The average molecular weight is 763 g/mol. The van der Waals surface area contributed by atoms with Crippen molar-refractivity contribution in [2.24, 2.45) is 23.5 Å². The maximum absolute atomic E-state index is 13.6. The predicted molar refractivity (Wildman–Crippen MR) is 209 cm³/mol. The van der Waals surface area contributed by atoms with E-state index >= 15 is 0 Å². The molecule has 1 unspecified atom stereocenters. The van der Waals surface area contributed by atoms with E-state index < -0.39 is 30.1 Å². The maximum Gasteiger partial charge on any atom is 0.410 e. The number of benzene rings is 2. The standard InChI is InChI=1S/C41H58N6O8/c1-25(2)28(6)46(7)41(54)55-24-31-15-13-30(14-16-31)23-34(48)33(11-9-21-43-40(42)53)44-38(51)37(26(3)4)45-35(49)12-8-10-29-17-19-32(20-18-29)47-36(50)22-27(5)39(47)52/h13-20,25-28,33,37H,8-12,21-24H2,1-7H3,(H,44,51)(H,45,49)(H3,42,43,53)/t27?,28-,33+,37+/m1/s1. The van der Waals surface area contributed by atoms with E-state index in [0.29, 0.717) is 30.5 Å². The molecule has 7 amide bonds. The third kappa shape index (κ3) is 13.5. The van der Waals surface area contributed by atoms with Gasteiger partial charge in [-0.25, -0.2) is 9.59 Å². The van der Waals surface area contributed by atoms with Gasteiger partial charge in [-0.3, -0.25) is 28.9 Å². The number of aryl methyl sites for hydroxylation is 1. The van der Waals surface area contributed by atoms with Crippen LogP contribution in [-0.2, 0) is 48.2 Å². The van der Waals surface area contributed by atoms with Gasteiger partial charge in [0.15, 0.2) is 5.78 Å². The van der Waals surface area contributed by atoms with Gasteiger partial charge in [0.05, 0.1) is 11.7 Å². The fourth-order valence-corrected chi connectivity index (χ4v) is 6.13. The molecule has 14 heteroatoms. The van der Waals surface area contributed by atoms with Crippen LogP contribution in [0.25, 0.3) is 0 Å². The first-order valence-corrected chi connectivity index (χ1v) is 19.1. The number of Topliss-reactive ketones (excluding diaryl/α,β-unsaturated/α-hetero) is 1. The smallest absolute Gasteiger partial charge is 0.410 e. The van der Waals surface area contributed by atoms with E-state index in [4.69, 9.17) is 10.5 Å². The third-order valence-electron chi connectivity index (χ3n) is 10.0. The number of carbonyl (C=O) groups excluding carboxylic acids is 7. The Morgan fingerprint density at radius 1 is 0.873 bits per heavy atom. The number of primary amides is 1. The third-order valence-corrected chi connectivity index (χ3v) is 10.0. The number of ether oxygens (including phenoxy) is 1. The number of rotatable bonds is 20. The zero-order valence-corrected chi connectivity index (χ0v) is 33.2. The summed E-state index contributed by atoms with van der Waals surface area (Å²) in [4.78, 5) is 91.1. The monoisotopic (exact) mass is 762 g/mol. The molecule has 0 aliphatic carbocycles. The van der Waals surface area contributed by atoms with Crippen LogP contribution in [0.4, 0.5) is 15.3 Å². The summed E-state index contributed by atoms with van der Waals surface area (Å²) >= 11 is 0. The SMILES string of the molecule is CC1CC(=O)N(c2ccc(CCCC(=O)N[C@H](C(=O)N[C@@H](CCCNC(N)=O)C(=O)Cc3ccc(COC(=O)N(C)[C@H](C)C(C)C)cc3)C(C)C)cc2)C1=O. The number of nitrogens with two attached hydrogens (primary N) is 1. The minimum atomic E-state index is -0.895. The fourth-order valence-electron chi connectivity index (χ4n) is 6.13. The molecule has 1 aliphatic rings. The van der Waals surface area contributed by atoms with Crippen LogP contribution in [0.1, 0.15) is 90.3 Å². The minimum absolute atomic E-state index is 0.0170. The molecular formula is C41H58N6O8. The fraction of sp³-hybridized carbons (Fsp3) is 0.537. The molecule has 0 saturated carbocycles. The lowest BCUT2D eigenvalue weighted by Gasteiger charge is -2.27. The van der Waals surface area contributed by atoms with Gasteiger partial charge in [-0.15, -0.1) is 0 Å². The number of hydrogen-bond donors (Lipinski definition) is 4. The first-order chi connectivity index (χ1) is 26.0. The molecule has 2 aromatic carbocycles. The molecule has 0 aromatic heterocycles. The summed E-state index contributed by atoms with van der Waals surface area (Å²) in [6, 6.07) is 11.8. The second-order valence-corrected chi connectivity index (χ2v) is 15.1. The summed E-state index contributed by atoms with van der Waals surface area (Å²) in [5.41, 5.74) is 8.12. The van der Waals surface area contributed by atoms with E-state index in [2.05, 4.69) is 16.0 Å². The summed E-state index contributed by atoms with van der Waals surface area (Å²) in [6.07, 6.45) is 1.63. The van der Waals surface area contributed by atoms with Crippen molar-refractivity contribution in [2.75, 3.05) is 18.5 Å². The molecule has 1 saturated heterocycles.